The van der Waals surface area contributed by atoms with E-state index >= 15 is 0 Å². The molecule has 0 N–H and O–H groups in total. The van der Waals surface area contributed by atoms with Crippen LogP contribution in [0.1, 0.15) is 0 Å². The fraction of sp³-hybridized carbons (Fsp3) is 0.471. The van der Waals surface area contributed by atoms with E-state index in [4.69, 9.17) is 9.72 Å². The first kappa shape index (κ1) is 14.2. The van der Waals surface area contributed by atoms with Crippen LogP contribution >= 0.6 is 11.8 Å². The molecular formula is C17H21N3OS. The quantitative estimate of drug-likeness (QED) is 0.868. The maximum atomic E-state index is 5.27. The zero-order valence-electron chi connectivity index (χ0n) is 12.9. The molecule has 4 nitrogen and oxygen atoms in total. The van der Waals surface area contributed by atoms with Crippen LogP contribution in [0.3, 0.4) is 0 Å². The van der Waals surface area contributed by atoms with Crippen molar-refractivity contribution >= 4 is 28.5 Å². The van der Waals surface area contributed by atoms with Gasteiger partial charge in [0.2, 0.25) is 0 Å². The van der Waals surface area contributed by atoms with Crippen LogP contribution in [0.2, 0.25) is 0 Å². The van der Waals surface area contributed by atoms with Crippen LogP contribution < -0.4 is 9.64 Å². The average molecular weight is 315 g/mol. The van der Waals surface area contributed by atoms with Crippen molar-refractivity contribution in [2.45, 2.75) is 6.04 Å². The van der Waals surface area contributed by atoms with Crippen LogP contribution in [0.4, 0.5) is 5.82 Å². The smallest absolute Gasteiger partial charge is 0.129 e. The van der Waals surface area contributed by atoms with Gasteiger partial charge in [-0.2, -0.15) is 11.8 Å². The topological polar surface area (TPSA) is 28.6 Å². The second kappa shape index (κ2) is 5.97. The zero-order chi connectivity index (χ0) is 14.9. The first-order chi connectivity index (χ1) is 10.8. The molecule has 0 atom stereocenters. The Morgan fingerprint density at radius 2 is 1.95 bits per heavy atom. The number of benzene rings is 1. The lowest BCUT2D eigenvalue weighted by Crippen LogP contribution is -2.61. The Morgan fingerprint density at radius 1 is 1.14 bits per heavy atom. The van der Waals surface area contributed by atoms with E-state index in [1.165, 1.54) is 24.6 Å². The number of hydrogen-bond acceptors (Lipinski definition) is 5. The molecule has 0 unspecified atom stereocenters. The second-order valence-corrected chi connectivity index (χ2v) is 7.16. The van der Waals surface area contributed by atoms with E-state index in [1.54, 1.807) is 7.11 Å². The minimum Gasteiger partial charge on any atom is -0.497 e. The molecule has 0 amide bonds. The monoisotopic (exact) mass is 315 g/mol. The van der Waals surface area contributed by atoms with Gasteiger partial charge in [0.05, 0.1) is 12.6 Å². The van der Waals surface area contributed by atoms with Crippen molar-refractivity contribution in [2.75, 3.05) is 49.7 Å². The van der Waals surface area contributed by atoms with Gasteiger partial charge < -0.3 is 9.64 Å². The van der Waals surface area contributed by atoms with E-state index in [1.807, 2.05) is 18.2 Å². The maximum Gasteiger partial charge on any atom is 0.129 e. The number of thioether (sulfide) groups is 1. The Balaban J connectivity index is 1.46. The summed E-state index contributed by atoms with van der Waals surface area (Å²) >= 11 is 2.07. The van der Waals surface area contributed by atoms with Gasteiger partial charge in [-0.3, -0.25) is 4.90 Å². The summed E-state index contributed by atoms with van der Waals surface area (Å²) in [5.74, 6) is 4.55. The van der Waals surface area contributed by atoms with E-state index in [9.17, 15) is 0 Å². The van der Waals surface area contributed by atoms with Gasteiger partial charge >= 0.3 is 0 Å². The summed E-state index contributed by atoms with van der Waals surface area (Å²) in [6.45, 7) is 4.71. The van der Waals surface area contributed by atoms with Gasteiger partial charge in [0.1, 0.15) is 11.6 Å². The molecule has 2 aromatic rings. The number of rotatable bonds is 3. The molecule has 0 saturated carbocycles. The fourth-order valence-electron chi connectivity index (χ4n) is 3.21. The van der Waals surface area contributed by atoms with Gasteiger partial charge in [-0.25, -0.2) is 4.98 Å². The Hall–Kier alpha value is -1.46. The lowest BCUT2D eigenvalue weighted by atomic mass is 10.1. The van der Waals surface area contributed by atoms with Gasteiger partial charge in [0.25, 0.3) is 0 Å². The van der Waals surface area contributed by atoms with Gasteiger partial charge in [0.15, 0.2) is 0 Å². The second-order valence-electron chi connectivity index (χ2n) is 5.94. The first-order valence-electron chi connectivity index (χ1n) is 7.85. The molecule has 116 valence electrons. The largest absolute Gasteiger partial charge is 0.497 e. The van der Waals surface area contributed by atoms with Gasteiger partial charge in [-0.15, -0.1) is 0 Å². The molecule has 0 radical (unpaired) electrons. The average Bonchev–Trinajstić information content (AvgIpc) is 2.54. The molecule has 4 rings (SSSR count). The lowest BCUT2D eigenvalue weighted by Gasteiger charge is -2.47. The van der Waals surface area contributed by atoms with Crippen molar-refractivity contribution in [1.29, 1.82) is 0 Å². The first-order valence-corrected chi connectivity index (χ1v) is 9.00. The molecule has 2 saturated heterocycles. The van der Waals surface area contributed by atoms with E-state index in [0.29, 0.717) is 6.04 Å². The number of fused-ring (bicyclic) bond motifs is 1. The number of ether oxygens (including phenoxy) is 1. The molecule has 0 spiro atoms. The van der Waals surface area contributed by atoms with Crippen LogP contribution in [0.15, 0.2) is 30.3 Å². The standard InChI is InChI=1S/C17H21N3OS/c1-21-15-3-4-16-13(10-15)2-5-17(18-16)20-11-14(12-20)19-6-8-22-9-7-19/h2-5,10,14H,6-9,11-12H2,1H3. The summed E-state index contributed by atoms with van der Waals surface area (Å²) in [4.78, 5) is 9.82. The van der Waals surface area contributed by atoms with Crippen LogP contribution in [0.5, 0.6) is 5.75 Å². The summed E-state index contributed by atoms with van der Waals surface area (Å²) in [5.41, 5.74) is 1.04. The molecule has 2 fully saturated rings. The third-order valence-electron chi connectivity index (χ3n) is 4.63. The molecule has 0 aliphatic carbocycles. The van der Waals surface area contributed by atoms with Crippen LogP contribution in [-0.2, 0) is 0 Å². The molecule has 5 heteroatoms. The highest BCUT2D eigenvalue weighted by Gasteiger charge is 2.33. The van der Waals surface area contributed by atoms with Crippen molar-refractivity contribution in [3.8, 4) is 5.75 Å². The molecule has 0 bridgehead atoms. The number of hydrogen-bond donors (Lipinski definition) is 0. The number of methoxy groups -OCH3 is 1. The van der Waals surface area contributed by atoms with E-state index in [0.717, 1.165) is 35.6 Å². The van der Waals surface area contributed by atoms with Crippen molar-refractivity contribution in [3.63, 3.8) is 0 Å². The van der Waals surface area contributed by atoms with Crippen LogP contribution in [0.25, 0.3) is 10.9 Å². The van der Waals surface area contributed by atoms with Crippen LogP contribution in [-0.4, -0.2) is 60.7 Å². The molecule has 2 aliphatic rings. The Morgan fingerprint density at radius 3 is 2.73 bits per heavy atom. The number of aromatic nitrogens is 1. The van der Waals surface area contributed by atoms with Crippen molar-refractivity contribution in [2.24, 2.45) is 0 Å². The lowest BCUT2D eigenvalue weighted by molar-refractivity contribution is 0.182. The zero-order valence-corrected chi connectivity index (χ0v) is 13.7. The maximum absolute atomic E-state index is 5.27. The SMILES string of the molecule is COc1ccc2nc(N3CC(N4CCSCC4)C3)ccc2c1. The highest BCUT2D eigenvalue weighted by atomic mass is 32.2. The van der Waals surface area contributed by atoms with Crippen molar-refractivity contribution in [1.82, 2.24) is 9.88 Å². The summed E-state index contributed by atoms with van der Waals surface area (Å²) in [6, 6.07) is 11.0. The van der Waals surface area contributed by atoms with E-state index < -0.39 is 0 Å². The number of pyridine rings is 1. The summed E-state index contributed by atoms with van der Waals surface area (Å²) in [7, 11) is 1.70. The third-order valence-corrected chi connectivity index (χ3v) is 5.57. The predicted octanol–water partition coefficient (Wildman–Crippen LogP) is 2.48. The minimum atomic E-state index is 0.717. The Kier molecular flexibility index (Phi) is 3.84. The summed E-state index contributed by atoms with van der Waals surface area (Å²) < 4.78 is 5.27. The molecule has 3 heterocycles. The molecule has 1 aromatic carbocycles. The summed E-state index contributed by atoms with van der Waals surface area (Å²) in [6.07, 6.45) is 0. The minimum absolute atomic E-state index is 0.717. The Labute approximate surface area is 135 Å². The normalized spacial score (nSPS) is 20.1. The molecular weight excluding hydrogens is 294 g/mol. The van der Waals surface area contributed by atoms with E-state index in [-0.39, 0.29) is 0 Å². The van der Waals surface area contributed by atoms with Gasteiger partial charge in [-0.1, -0.05) is 0 Å². The summed E-state index contributed by atoms with van der Waals surface area (Å²) in [5, 5.41) is 1.13. The van der Waals surface area contributed by atoms with E-state index in [2.05, 4.69) is 33.7 Å². The van der Waals surface area contributed by atoms with Gasteiger partial charge in [0, 0.05) is 49.1 Å². The van der Waals surface area contributed by atoms with Gasteiger partial charge in [-0.05, 0) is 30.3 Å². The highest BCUT2D eigenvalue weighted by molar-refractivity contribution is 7.99. The predicted molar refractivity (Wildman–Crippen MR) is 93.2 cm³/mol. The molecule has 22 heavy (non-hydrogen) atoms. The van der Waals surface area contributed by atoms with Crippen molar-refractivity contribution in [3.05, 3.63) is 30.3 Å². The molecule has 1 aromatic heterocycles. The third kappa shape index (κ3) is 2.63. The number of anilines is 1. The van der Waals surface area contributed by atoms with Crippen LogP contribution in [0, 0.1) is 0 Å². The molecule has 2 aliphatic heterocycles. The Bertz CT molecular complexity index is 666. The van der Waals surface area contributed by atoms with Crippen molar-refractivity contribution < 1.29 is 4.74 Å². The fourth-order valence-corrected chi connectivity index (χ4v) is 4.14. The number of nitrogens with zero attached hydrogens (tertiary/aromatic N) is 3. The highest BCUT2D eigenvalue weighted by Crippen LogP contribution is 2.27.